The average molecular weight is 334 g/mol. The number of hydrogen-bond acceptors (Lipinski definition) is 3. The SMILES string of the molecule is CCCNC(=O)c1cc(-c2cccc(OC)c2)nc2ccc(C)cc12. The summed E-state index contributed by atoms with van der Waals surface area (Å²) in [5.74, 6) is 0.698. The van der Waals surface area contributed by atoms with E-state index in [-0.39, 0.29) is 5.91 Å². The van der Waals surface area contributed by atoms with Crippen molar-refractivity contribution in [3.8, 4) is 17.0 Å². The maximum absolute atomic E-state index is 12.7. The Kier molecular flexibility index (Phi) is 4.98. The first-order valence-electron chi connectivity index (χ1n) is 8.46. The highest BCUT2D eigenvalue weighted by atomic mass is 16.5. The highest BCUT2D eigenvalue weighted by molar-refractivity contribution is 6.07. The number of fused-ring (bicyclic) bond motifs is 1. The van der Waals surface area contributed by atoms with Crippen molar-refractivity contribution in [2.24, 2.45) is 0 Å². The van der Waals surface area contributed by atoms with Gasteiger partial charge in [-0.25, -0.2) is 4.98 Å². The molecule has 25 heavy (non-hydrogen) atoms. The maximum atomic E-state index is 12.7. The first-order valence-corrected chi connectivity index (χ1v) is 8.46. The molecule has 0 aliphatic carbocycles. The minimum absolute atomic E-state index is 0.0657. The summed E-state index contributed by atoms with van der Waals surface area (Å²) in [5.41, 5.74) is 4.25. The van der Waals surface area contributed by atoms with Crippen LogP contribution in [0.5, 0.6) is 5.75 Å². The average Bonchev–Trinajstić information content (AvgIpc) is 2.65. The summed E-state index contributed by atoms with van der Waals surface area (Å²) in [6.45, 7) is 4.71. The predicted octanol–water partition coefficient (Wildman–Crippen LogP) is 4.36. The van der Waals surface area contributed by atoms with Gasteiger partial charge in [0.15, 0.2) is 0 Å². The third-order valence-corrected chi connectivity index (χ3v) is 4.11. The normalized spacial score (nSPS) is 10.7. The van der Waals surface area contributed by atoms with Gasteiger partial charge in [0.25, 0.3) is 5.91 Å². The van der Waals surface area contributed by atoms with Crippen molar-refractivity contribution < 1.29 is 9.53 Å². The molecule has 4 nitrogen and oxygen atoms in total. The van der Waals surface area contributed by atoms with E-state index in [4.69, 9.17) is 9.72 Å². The van der Waals surface area contributed by atoms with Crippen LogP contribution in [-0.2, 0) is 0 Å². The van der Waals surface area contributed by atoms with E-state index in [9.17, 15) is 4.79 Å². The number of methoxy groups -OCH3 is 1. The maximum Gasteiger partial charge on any atom is 0.252 e. The second kappa shape index (κ2) is 7.34. The topological polar surface area (TPSA) is 51.2 Å². The molecule has 0 saturated heterocycles. The van der Waals surface area contributed by atoms with Crippen LogP contribution in [0.2, 0.25) is 0 Å². The van der Waals surface area contributed by atoms with Crippen LogP contribution in [0.4, 0.5) is 0 Å². The smallest absolute Gasteiger partial charge is 0.252 e. The summed E-state index contributed by atoms with van der Waals surface area (Å²) in [6.07, 6.45) is 0.899. The minimum Gasteiger partial charge on any atom is -0.497 e. The lowest BCUT2D eigenvalue weighted by atomic mass is 10.0. The molecular weight excluding hydrogens is 312 g/mol. The molecular formula is C21H22N2O2. The summed E-state index contributed by atoms with van der Waals surface area (Å²) in [4.78, 5) is 17.4. The Hall–Kier alpha value is -2.88. The molecule has 1 aromatic heterocycles. The molecule has 1 N–H and O–H groups in total. The Morgan fingerprint density at radius 2 is 2.00 bits per heavy atom. The number of carbonyl (C=O) groups excluding carboxylic acids is 1. The van der Waals surface area contributed by atoms with Gasteiger partial charge in [-0.1, -0.05) is 30.7 Å². The van der Waals surface area contributed by atoms with Gasteiger partial charge < -0.3 is 10.1 Å². The van der Waals surface area contributed by atoms with Crippen LogP contribution in [0.1, 0.15) is 29.3 Å². The van der Waals surface area contributed by atoms with Crippen molar-refractivity contribution in [1.82, 2.24) is 10.3 Å². The number of pyridine rings is 1. The zero-order valence-corrected chi connectivity index (χ0v) is 14.8. The fraction of sp³-hybridized carbons (Fsp3) is 0.238. The van der Waals surface area contributed by atoms with Gasteiger partial charge in [0.2, 0.25) is 0 Å². The fourth-order valence-electron chi connectivity index (χ4n) is 2.79. The van der Waals surface area contributed by atoms with Gasteiger partial charge in [-0.15, -0.1) is 0 Å². The summed E-state index contributed by atoms with van der Waals surface area (Å²) >= 11 is 0. The van der Waals surface area contributed by atoms with Crippen LogP contribution in [0.25, 0.3) is 22.2 Å². The van der Waals surface area contributed by atoms with Gasteiger partial charge >= 0.3 is 0 Å². The molecule has 3 rings (SSSR count). The summed E-state index contributed by atoms with van der Waals surface area (Å²) < 4.78 is 5.30. The van der Waals surface area contributed by atoms with Gasteiger partial charge in [0.1, 0.15) is 5.75 Å². The molecule has 0 unspecified atom stereocenters. The molecule has 0 saturated carbocycles. The number of benzene rings is 2. The summed E-state index contributed by atoms with van der Waals surface area (Å²) in [5, 5.41) is 3.85. The second-order valence-electron chi connectivity index (χ2n) is 6.06. The lowest BCUT2D eigenvalue weighted by Gasteiger charge is -2.11. The third kappa shape index (κ3) is 3.63. The Labute approximate surface area is 147 Å². The van der Waals surface area contributed by atoms with Gasteiger partial charge in [-0.05, 0) is 43.7 Å². The number of nitrogens with one attached hydrogen (secondary N) is 1. The number of ether oxygens (including phenoxy) is 1. The molecule has 3 aromatic rings. The molecule has 2 aromatic carbocycles. The van der Waals surface area contributed by atoms with Crippen molar-refractivity contribution in [2.75, 3.05) is 13.7 Å². The predicted molar refractivity (Wildman–Crippen MR) is 101 cm³/mol. The lowest BCUT2D eigenvalue weighted by Crippen LogP contribution is -2.24. The van der Waals surface area contributed by atoms with Gasteiger partial charge in [0, 0.05) is 17.5 Å². The fourth-order valence-corrected chi connectivity index (χ4v) is 2.79. The van der Waals surface area contributed by atoms with E-state index >= 15 is 0 Å². The zero-order valence-electron chi connectivity index (χ0n) is 14.8. The van der Waals surface area contributed by atoms with Crippen LogP contribution < -0.4 is 10.1 Å². The highest BCUT2D eigenvalue weighted by Gasteiger charge is 2.14. The van der Waals surface area contributed by atoms with Crippen molar-refractivity contribution >= 4 is 16.8 Å². The monoisotopic (exact) mass is 334 g/mol. The number of aromatic nitrogens is 1. The van der Waals surface area contributed by atoms with E-state index in [1.165, 1.54) is 0 Å². The molecule has 0 aliphatic heterocycles. The van der Waals surface area contributed by atoms with E-state index in [1.807, 2.05) is 62.4 Å². The van der Waals surface area contributed by atoms with Crippen molar-refractivity contribution in [3.63, 3.8) is 0 Å². The molecule has 1 amide bonds. The molecule has 0 spiro atoms. The molecule has 0 atom stereocenters. The van der Waals surface area contributed by atoms with Crippen LogP contribution in [0.15, 0.2) is 48.5 Å². The van der Waals surface area contributed by atoms with E-state index in [2.05, 4.69) is 5.32 Å². The highest BCUT2D eigenvalue weighted by Crippen LogP contribution is 2.27. The molecule has 0 bridgehead atoms. The quantitative estimate of drug-likeness (QED) is 0.754. The van der Waals surface area contributed by atoms with Crippen molar-refractivity contribution in [3.05, 3.63) is 59.7 Å². The van der Waals surface area contributed by atoms with E-state index in [1.54, 1.807) is 7.11 Å². The largest absolute Gasteiger partial charge is 0.497 e. The Morgan fingerprint density at radius 1 is 1.16 bits per heavy atom. The molecule has 0 aliphatic rings. The van der Waals surface area contributed by atoms with E-state index in [0.29, 0.717) is 12.1 Å². The van der Waals surface area contributed by atoms with Crippen LogP contribution in [0, 0.1) is 6.92 Å². The van der Waals surface area contributed by atoms with Crippen molar-refractivity contribution in [1.29, 1.82) is 0 Å². The van der Waals surface area contributed by atoms with Gasteiger partial charge in [-0.3, -0.25) is 4.79 Å². The van der Waals surface area contributed by atoms with E-state index in [0.717, 1.165) is 39.9 Å². The molecule has 128 valence electrons. The molecule has 0 fully saturated rings. The molecule has 0 radical (unpaired) electrons. The number of aryl methyl sites for hydroxylation is 1. The first kappa shape index (κ1) is 17.0. The van der Waals surface area contributed by atoms with Crippen molar-refractivity contribution in [2.45, 2.75) is 20.3 Å². The van der Waals surface area contributed by atoms with Gasteiger partial charge in [-0.2, -0.15) is 0 Å². The first-order chi connectivity index (χ1) is 12.1. The third-order valence-electron chi connectivity index (χ3n) is 4.11. The Morgan fingerprint density at radius 3 is 2.76 bits per heavy atom. The van der Waals surface area contributed by atoms with Crippen LogP contribution >= 0.6 is 0 Å². The van der Waals surface area contributed by atoms with Crippen LogP contribution in [0.3, 0.4) is 0 Å². The standard InChI is InChI=1S/C21H22N2O2/c1-4-10-22-21(24)18-13-20(15-6-5-7-16(12-15)25-3)23-19-9-8-14(2)11-17(18)19/h5-9,11-13H,4,10H2,1-3H3,(H,22,24). The number of nitrogens with zero attached hydrogens (tertiary/aromatic N) is 1. The number of amides is 1. The molecule has 4 heteroatoms. The van der Waals surface area contributed by atoms with E-state index < -0.39 is 0 Å². The number of carbonyl (C=O) groups is 1. The number of rotatable bonds is 5. The lowest BCUT2D eigenvalue weighted by molar-refractivity contribution is 0.0955. The molecule has 1 heterocycles. The zero-order chi connectivity index (χ0) is 17.8. The second-order valence-corrected chi connectivity index (χ2v) is 6.06. The Balaban J connectivity index is 2.17. The Bertz CT molecular complexity index is 919. The van der Waals surface area contributed by atoms with Gasteiger partial charge in [0.05, 0.1) is 23.9 Å². The summed E-state index contributed by atoms with van der Waals surface area (Å²) in [6, 6.07) is 15.6. The summed E-state index contributed by atoms with van der Waals surface area (Å²) in [7, 11) is 1.64. The minimum atomic E-state index is -0.0657. The van der Waals surface area contributed by atoms with Crippen LogP contribution in [-0.4, -0.2) is 24.5 Å². The number of hydrogen-bond donors (Lipinski definition) is 1.